The van der Waals surface area contributed by atoms with E-state index in [-0.39, 0.29) is 5.92 Å². The van der Waals surface area contributed by atoms with Gasteiger partial charge in [-0.15, -0.1) is 0 Å². The number of hydrazone groups is 1. The van der Waals surface area contributed by atoms with Crippen LogP contribution >= 0.6 is 0 Å². The van der Waals surface area contributed by atoms with Gasteiger partial charge in [0.2, 0.25) is 0 Å². The average molecular weight is 151 g/mol. The van der Waals surface area contributed by atoms with E-state index in [0.717, 1.165) is 25.0 Å². The van der Waals surface area contributed by atoms with Gasteiger partial charge in [0.25, 0.3) is 0 Å². The van der Waals surface area contributed by atoms with E-state index in [9.17, 15) is 0 Å². The summed E-state index contributed by atoms with van der Waals surface area (Å²) in [6, 6.07) is 2.26. The first kappa shape index (κ1) is 8.06. The fourth-order valence-corrected chi connectivity index (χ4v) is 1.34. The summed E-state index contributed by atoms with van der Waals surface area (Å²) >= 11 is 0. The van der Waals surface area contributed by atoms with Crippen molar-refractivity contribution in [1.82, 2.24) is 5.01 Å². The summed E-state index contributed by atoms with van der Waals surface area (Å²) < 4.78 is 0. The zero-order valence-corrected chi connectivity index (χ0v) is 7.04. The molecule has 3 nitrogen and oxygen atoms in total. The topological polar surface area (TPSA) is 39.4 Å². The molecule has 0 heterocycles. The van der Waals surface area contributed by atoms with Crippen molar-refractivity contribution in [3.05, 3.63) is 0 Å². The van der Waals surface area contributed by atoms with Crippen LogP contribution in [-0.4, -0.2) is 24.8 Å². The Labute approximate surface area is 67.3 Å². The van der Waals surface area contributed by atoms with E-state index in [0.29, 0.717) is 0 Å². The number of hydrogen-bond donors (Lipinski definition) is 0. The second kappa shape index (κ2) is 3.38. The Morgan fingerprint density at radius 2 is 2.36 bits per heavy atom. The van der Waals surface area contributed by atoms with Gasteiger partial charge >= 0.3 is 0 Å². The van der Waals surface area contributed by atoms with Crippen LogP contribution in [-0.2, 0) is 0 Å². The van der Waals surface area contributed by atoms with Crippen LogP contribution in [0.5, 0.6) is 0 Å². The third-order valence-corrected chi connectivity index (χ3v) is 1.81. The lowest BCUT2D eigenvalue weighted by molar-refractivity contribution is 0.434. The summed E-state index contributed by atoms with van der Waals surface area (Å²) in [7, 11) is 3.78. The highest BCUT2D eigenvalue weighted by Gasteiger charge is 2.22. The van der Waals surface area contributed by atoms with E-state index in [1.165, 1.54) is 0 Å². The quantitative estimate of drug-likeness (QED) is 0.529. The van der Waals surface area contributed by atoms with Crippen molar-refractivity contribution < 1.29 is 0 Å². The highest BCUT2D eigenvalue weighted by molar-refractivity contribution is 5.90. The molecule has 0 radical (unpaired) electrons. The second-order valence-corrected chi connectivity index (χ2v) is 3.01. The molecule has 1 aliphatic carbocycles. The third-order valence-electron chi connectivity index (χ3n) is 1.81. The summed E-state index contributed by atoms with van der Waals surface area (Å²) in [6.45, 7) is 0. The molecular formula is C8H13N3. The van der Waals surface area contributed by atoms with E-state index >= 15 is 0 Å². The van der Waals surface area contributed by atoms with Gasteiger partial charge in [0.1, 0.15) is 0 Å². The highest BCUT2D eigenvalue weighted by atomic mass is 15.4. The molecule has 0 aromatic carbocycles. The van der Waals surface area contributed by atoms with E-state index < -0.39 is 0 Å². The molecule has 0 aliphatic heterocycles. The predicted octanol–water partition coefficient (Wildman–Crippen LogP) is 1.23. The number of nitriles is 1. The van der Waals surface area contributed by atoms with E-state index in [1.807, 2.05) is 14.1 Å². The van der Waals surface area contributed by atoms with Crippen molar-refractivity contribution in [3.63, 3.8) is 0 Å². The molecule has 60 valence electrons. The average Bonchev–Trinajstić information content (AvgIpc) is 2.34. The van der Waals surface area contributed by atoms with E-state index in [4.69, 9.17) is 5.26 Å². The van der Waals surface area contributed by atoms with Gasteiger partial charge in [0.15, 0.2) is 0 Å². The van der Waals surface area contributed by atoms with Crippen molar-refractivity contribution >= 4 is 5.71 Å². The Morgan fingerprint density at radius 3 is 2.91 bits per heavy atom. The molecule has 1 saturated carbocycles. The van der Waals surface area contributed by atoms with Crippen molar-refractivity contribution in [3.8, 4) is 6.07 Å². The summed E-state index contributed by atoms with van der Waals surface area (Å²) in [6.07, 6.45) is 3.10. The van der Waals surface area contributed by atoms with Crippen molar-refractivity contribution in [2.45, 2.75) is 19.3 Å². The molecule has 0 N–H and O–H groups in total. The standard InChI is InChI=1S/C8H13N3/c1-11(2)10-8-5-3-4-7(8)6-9/h7H,3-5H2,1-2H3/b10-8-. The summed E-state index contributed by atoms with van der Waals surface area (Å²) in [5.74, 6) is 0.0809. The lowest BCUT2D eigenvalue weighted by atomic mass is 10.1. The van der Waals surface area contributed by atoms with Crippen molar-refractivity contribution in [1.29, 1.82) is 5.26 Å². The van der Waals surface area contributed by atoms with Crippen LogP contribution in [0.15, 0.2) is 5.10 Å². The van der Waals surface area contributed by atoms with E-state index in [2.05, 4.69) is 11.2 Å². The highest BCUT2D eigenvalue weighted by Crippen LogP contribution is 2.21. The van der Waals surface area contributed by atoms with Crippen molar-refractivity contribution in [2.75, 3.05) is 14.1 Å². The Hall–Kier alpha value is -1.04. The van der Waals surface area contributed by atoms with Gasteiger partial charge in [-0.3, -0.25) is 0 Å². The zero-order valence-electron chi connectivity index (χ0n) is 7.04. The van der Waals surface area contributed by atoms with Gasteiger partial charge in [-0.2, -0.15) is 10.4 Å². The van der Waals surface area contributed by atoms with Gasteiger partial charge in [-0.05, 0) is 19.3 Å². The van der Waals surface area contributed by atoms with Crippen LogP contribution in [0.25, 0.3) is 0 Å². The Balaban J connectivity index is 2.65. The number of hydrogen-bond acceptors (Lipinski definition) is 3. The van der Waals surface area contributed by atoms with Crippen LogP contribution in [0.1, 0.15) is 19.3 Å². The fraction of sp³-hybridized carbons (Fsp3) is 0.750. The maximum atomic E-state index is 8.70. The van der Waals surface area contributed by atoms with Gasteiger partial charge in [0, 0.05) is 14.1 Å². The molecule has 11 heavy (non-hydrogen) atoms. The summed E-state index contributed by atoms with van der Waals surface area (Å²) in [5, 5.41) is 14.7. The minimum atomic E-state index is 0.0809. The molecule has 0 saturated heterocycles. The fourth-order valence-electron chi connectivity index (χ4n) is 1.34. The maximum absolute atomic E-state index is 8.70. The lowest BCUT2D eigenvalue weighted by Crippen LogP contribution is -2.11. The molecule has 0 aromatic rings. The monoisotopic (exact) mass is 151 g/mol. The number of nitrogens with zero attached hydrogens (tertiary/aromatic N) is 3. The van der Waals surface area contributed by atoms with Crippen LogP contribution in [0.2, 0.25) is 0 Å². The first-order chi connectivity index (χ1) is 5.24. The molecule has 0 aromatic heterocycles. The SMILES string of the molecule is CN(C)/N=C1/CCCC1C#N. The van der Waals surface area contributed by atoms with Crippen LogP contribution in [0.4, 0.5) is 0 Å². The largest absolute Gasteiger partial charge is 0.303 e. The molecule has 0 spiro atoms. The van der Waals surface area contributed by atoms with Gasteiger partial charge in [-0.25, -0.2) is 0 Å². The minimum Gasteiger partial charge on any atom is -0.303 e. The summed E-state index contributed by atoms with van der Waals surface area (Å²) in [5.41, 5.74) is 1.05. The Kier molecular flexibility index (Phi) is 2.48. The molecular weight excluding hydrogens is 138 g/mol. The van der Waals surface area contributed by atoms with E-state index in [1.54, 1.807) is 5.01 Å². The molecule has 1 atom stereocenters. The first-order valence-electron chi connectivity index (χ1n) is 3.88. The van der Waals surface area contributed by atoms with Crippen molar-refractivity contribution in [2.24, 2.45) is 11.0 Å². The molecule has 0 amide bonds. The minimum absolute atomic E-state index is 0.0809. The smallest absolute Gasteiger partial charge is 0.0863 e. The zero-order chi connectivity index (χ0) is 8.27. The first-order valence-corrected chi connectivity index (χ1v) is 3.88. The normalized spacial score (nSPS) is 27.0. The number of rotatable bonds is 1. The lowest BCUT2D eigenvalue weighted by Gasteiger charge is -2.07. The maximum Gasteiger partial charge on any atom is 0.0863 e. The summed E-state index contributed by atoms with van der Waals surface area (Å²) in [4.78, 5) is 0. The Morgan fingerprint density at radius 1 is 1.64 bits per heavy atom. The van der Waals surface area contributed by atoms with Crippen LogP contribution in [0, 0.1) is 17.2 Å². The molecule has 1 fully saturated rings. The third kappa shape index (κ3) is 1.94. The molecule has 1 unspecified atom stereocenters. The van der Waals surface area contributed by atoms with Gasteiger partial charge in [0.05, 0.1) is 17.7 Å². The van der Waals surface area contributed by atoms with Gasteiger partial charge < -0.3 is 5.01 Å². The Bertz CT molecular complexity index is 200. The second-order valence-electron chi connectivity index (χ2n) is 3.01. The molecule has 0 bridgehead atoms. The van der Waals surface area contributed by atoms with Crippen LogP contribution in [0.3, 0.4) is 0 Å². The predicted molar refractivity (Wildman–Crippen MR) is 44.1 cm³/mol. The van der Waals surface area contributed by atoms with Gasteiger partial charge in [-0.1, -0.05) is 0 Å². The molecule has 1 rings (SSSR count). The van der Waals surface area contributed by atoms with Crippen LogP contribution < -0.4 is 0 Å². The molecule has 3 heteroatoms. The molecule has 1 aliphatic rings.